The highest BCUT2D eigenvalue weighted by Crippen LogP contribution is 2.34. The van der Waals surface area contributed by atoms with Gasteiger partial charge in [-0.2, -0.15) is 5.10 Å². The van der Waals surface area contributed by atoms with E-state index in [1.54, 1.807) is 30.6 Å². The van der Waals surface area contributed by atoms with Gasteiger partial charge in [0, 0.05) is 0 Å². The van der Waals surface area contributed by atoms with Crippen LogP contribution in [0.2, 0.25) is 0 Å². The minimum atomic E-state index is -0.141. The van der Waals surface area contributed by atoms with Crippen LogP contribution in [0.5, 0.6) is 5.75 Å². The van der Waals surface area contributed by atoms with Crippen LogP contribution in [-0.4, -0.2) is 29.3 Å². The van der Waals surface area contributed by atoms with Gasteiger partial charge in [0.2, 0.25) is 0 Å². The molecule has 33 heavy (non-hydrogen) atoms. The smallest absolute Gasteiger partial charge is 0.267 e. The summed E-state index contributed by atoms with van der Waals surface area (Å²) >= 11 is 1.29. The number of carbonyl (C=O) groups is 1. The summed E-state index contributed by atoms with van der Waals surface area (Å²) in [5.74, 6) is 1.29. The van der Waals surface area contributed by atoms with Crippen LogP contribution in [-0.2, 0) is 11.3 Å². The fourth-order valence-electron chi connectivity index (χ4n) is 3.15. The van der Waals surface area contributed by atoms with E-state index in [-0.39, 0.29) is 12.5 Å². The number of rotatable bonds is 7. The van der Waals surface area contributed by atoms with E-state index in [4.69, 9.17) is 9.15 Å². The van der Waals surface area contributed by atoms with Crippen molar-refractivity contribution in [3.63, 3.8) is 0 Å². The molecule has 2 aromatic carbocycles. The number of amidine groups is 1. The fraction of sp³-hybridized carbons (Fsp3) is 0.115. The molecule has 1 saturated heterocycles. The molecule has 1 aliphatic heterocycles. The number of furan rings is 1. The summed E-state index contributed by atoms with van der Waals surface area (Å²) in [5, 5.41) is 9.08. The molecule has 1 aliphatic rings. The molecule has 0 bridgehead atoms. The zero-order valence-electron chi connectivity index (χ0n) is 18.3. The minimum Gasteiger partial charge on any atom is -0.497 e. The number of nitrogens with zero attached hydrogens (tertiary/aromatic N) is 3. The largest absolute Gasteiger partial charge is 0.497 e. The Morgan fingerprint density at radius 3 is 2.55 bits per heavy atom. The summed E-state index contributed by atoms with van der Waals surface area (Å²) in [6.07, 6.45) is 7.13. The summed E-state index contributed by atoms with van der Waals surface area (Å²) in [5.41, 5.74) is 2.94. The van der Waals surface area contributed by atoms with Crippen LogP contribution < -0.4 is 4.74 Å². The second-order valence-corrected chi connectivity index (χ2v) is 8.29. The van der Waals surface area contributed by atoms with E-state index in [0.717, 1.165) is 22.4 Å². The monoisotopic (exact) mass is 457 g/mol. The van der Waals surface area contributed by atoms with E-state index >= 15 is 0 Å². The van der Waals surface area contributed by atoms with Crippen molar-refractivity contribution in [2.75, 3.05) is 7.11 Å². The number of amides is 1. The van der Waals surface area contributed by atoms with Gasteiger partial charge in [0.15, 0.2) is 5.17 Å². The van der Waals surface area contributed by atoms with Crippen LogP contribution in [0.4, 0.5) is 0 Å². The molecule has 0 radical (unpaired) electrons. The lowest BCUT2D eigenvalue weighted by Gasteiger charge is -2.12. The molecule has 6 nitrogen and oxygen atoms in total. The summed E-state index contributed by atoms with van der Waals surface area (Å²) in [4.78, 5) is 15.3. The molecule has 0 spiro atoms. The Bertz CT molecular complexity index is 1210. The second-order valence-electron chi connectivity index (χ2n) is 7.28. The summed E-state index contributed by atoms with van der Waals surface area (Å²) < 4.78 is 10.6. The first-order valence-corrected chi connectivity index (χ1v) is 11.2. The topological polar surface area (TPSA) is 67.4 Å². The first kappa shape index (κ1) is 22.4. The highest BCUT2D eigenvalue weighted by molar-refractivity contribution is 8.18. The van der Waals surface area contributed by atoms with Gasteiger partial charge in [-0.05, 0) is 65.7 Å². The van der Waals surface area contributed by atoms with Gasteiger partial charge in [0.25, 0.3) is 5.91 Å². The Hall–Kier alpha value is -3.84. The Labute approximate surface area is 197 Å². The molecule has 4 rings (SSSR count). The maximum Gasteiger partial charge on any atom is 0.267 e. The van der Waals surface area contributed by atoms with E-state index in [1.807, 2.05) is 79.7 Å². The van der Waals surface area contributed by atoms with Crippen molar-refractivity contribution in [3.8, 4) is 5.75 Å². The highest BCUT2D eigenvalue weighted by atomic mass is 32.2. The van der Waals surface area contributed by atoms with Crippen LogP contribution in [0.25, 0.3) is 12.2 Å². The third-order valence-corrected chi connectivity index (χ3v) is 5.79. The zero-order chi connectivity index (χ0) is 23.0. The molecule has 0 atom stereocenters. The predicted molar refractivity (Wildman–Crippen MR) is 134 cm³/mol. The first-order chi connectivity index (χ1) is 16.1. The van der Waals surface area contributed by atoms with Crippen molar-refractivity contribution >= 4 is 41.2 Å². The lowest BCUT2D eigenvalue weighted by atomic mass is 10.1. The zero-order valence-corrected chi connectivity index (χ0v) is 19.2. The maximum absolute atomic E-state index is 13.1. The minimum absolute atomic E-state index is 0.141. The van der Waals surface area contributed by atoms with E-state index in [0.29, 0.717) is 15.8 Å². The predicted octanol–water partition coefficient (Wildman–Crippen LogP) is 5.85. The third kappa shape index (κ3) is 5.90. The van der Waals surface area contributed by atoms with Gasteiger partial charge in [-0.25, -0.2) is 0 Å². The molecular weight excluding hydrogens is 434 g/mol. The average Bonchev–Trinajstić information content (AvgIpc) is 3.44. The van der Waals surface area contributed by atoms with Gasteiger partial charge in [-0.3, -0.25) is 9.69 Å². The third-order valence-electron chi connectivity index (χ3n) is 4.79. The SMILES string of the molecule is COc1ccc(/C=C2\S/C(=N/N=C\C(C)=C\c3ccccc3)N(Cc3ccco3)C2=O)cc1. The van der Waals surface area contributed by atoms with Crippen LogP contribution in [0.15, 0.2) is 98.1 Å². The molecule has 3 aromatic rings. The van der Waals surface area contributed by atoms with Crippen molar-refractivity contribution in [2.45, 2.75) is 13.5 Å². The number of methoxy groups -OCH3 is 1. The van der Waals surface area contributed by atoms with E-state index in [2.05, 4.69) is 10.2 Å². The molecule has 1 fully saturated rings. The van der Waals surface area contributed by atoms with Gasteiger partial charge in [-0.15, -0.1) is 5.10 Å². The molecule has 1 amide bonds. The normalized spacial score (nSPS) is 17.0. The van der Waals surface area contributed by atoms with Gasteiger partial charge in [0.05, 0.1) is 31.0 Å². The molecular formula is C26H23N3O3S. The maximum atomic E-state index is 13.1. The number of hydrogen-bond donors (Lipinski definition) is 0. The molecule has 1 aromatic heterocycles. The summed E-state index contributed by atoms with van der Waals surface area (Å²) in [6, 6.07) is 21.2. The Kier molecular flexibility index (Phi) is 7.22. The van der Waals surface area contributed by atoms with Gasteiger partial charge in [-0.1, -0.05) is 48.5 Å². The second kappa shape index (κ2) is 10.7. The van der Waals surface area contributed by atoms with Crippen molar-refractivity contribution in [1.29, 1.82) is 0 Å². The van der Waals surface area contributed by atoms with Crippen molar-refractivity contribution in [1.82, 2.24) is 4.90 Å². The Morgan fingerprint density at radius 1 is 1.06 bits per heavy atom. The van der Waals surface area contributed by atoms with Crippen LogP contribution in [0, 0.1) is 0 Å². The highest BCUT2D eigenvalue weighted by Gasteiger charge is 2.34. The lowest BCUT2D eigenvalue weighted by Crippen LogP contribution is -2.28. The summed E-state index contributed by atoms with van der Waals surface area (Å²) in [7, 11) is 1.62. The average molecular weight is 458 g/mol. The Morgan fingerprint density at radius 2 is 1.85 bits per heavy atom. The van der Waals surface area contributed by atoms with Crippen LogP contribution in [0.1, 0.15) is 23.8 Å². The lowest BCUT2D eigenvalue weighted by molar-refractivity contribution is -0.122. The number of thioether (sulfide) groups is 1. The fourth-order valence-corrected chi connectivity index (χ4v) is 4.09. The number of ether oxygens (including phenoxy) is 1. The number of benzene rings is 2. The molecule has 7 heteroatoms. The van der Waals surface area contributed by atoms with Crippen LogP contribution in [0.3, 0.4) is 0 Å². The van der Waals surface area contributed by atoms with Crippen molar-refractivity contribution < 1.29 is 13.9 Å². The molecule has 0 aliphatic carbocycles. The molecule has 0 saturated carbocycles. The number of carbonyl (C=O) groups excluding carboxylic acids is 1. The van der Waals surface area contributed by atoms with Crippen LogP contribution >= 0.6 is 11.8 Å². The first-order valence-electron chi connectivity index (χ1n) is 10.3. The quantitative estimate of drug-likeness (QED) is 0.254. The van der Waals surface area contributed by atoms with Crippen molar-refractivity contribution in [3.05, 3.63) is 100 Å². The molecule has 0 unspecified atom stereocenters. The molecule has 166 valence electrons. The Balaban J connectivity index is 1.57. The van der Waals surface area contributed by atoms with Gasteiger partial charge >= 0.3 is 0 Å². The van der Waals surface area contributed by atoms with E-state index in [1.165, 1.54) is 11.8 Å². The molecule has 2 heterocycles. The van der Waals surface area contributed by atoms with Gasteiger partial charge in [0.1, 0.15) is 11.5 Å². The van der Waals surface area contributed by atoms with Gasteiger partial charge < -0.3 is 9.15 Å². The number of hydrogen-bond acceptors (Lipinski definition) is 6. The standard InChI is InChI=1S/C26H23N3O3S/c1-19(15-20-7-4-3-5-8-20)17-27-28-26-29(18-23-9-6-14-32-23)25(30)24(33-26)16-21-10-12-22(31-2)13-11-21/h3-17H,18H2,1-2H3/b19-15+,24-16-,27-17-,28-26+. The van der Waals surface area contributed by atoms with E-state index < -0.39 is 0 Å². The summed E-state index contributed by atoms with van der Waals surface area (Å²) in [6.45, 7) is 2.24. The van der Waals surface area contributed by atoms with Crippen molar-refractivity contribution in [2.24, 2.45) is 10.2 Å². The molecule has 0 N–H and O–H groups in total. The number of allylic oxidation sites excluding steroid dienone is 1. The van der Waals surface area contributed by atoms with E-state index in [9.17, 15) is 4.79 Å².